The molecule has 4 heterocycles. The third kappa shape index (κ3) is 3.64. The molecule has 2 aromatic heterocycles. The van der Waals surface area contributed by atoms with Crippen molar-refractivity contribution in [3.05, 3.63) is 55.0 Å². The van der Waals surface area contributed by atoms with Gasteiger partial charge >= 0.3 is 11.4 Å². The molecule has 0 unspecified atom stereocenters. The van der Waals surface area contributed by atoms with Crippen LogP contribution in [0, 0.1) is 13.3 Å². The normalized spacial score (nSPS) is 14.2. The quantitative estimate of drug-likeness (QED) is 0.292. The largest absolute Gasteiger partial charge is 0.498 e. The van der Waals surface area contributed by atoms with Gasteiger partial charge in [0.15, 0.2) is 0 Å². The number of hydrogen-bond donors (Lipinski definition) is 0. The van der Waals surface area contributed by atoms with Crippen LogP contribution < -0.4 is 42.1 Å². The predicted molar refractivity (Wildman–Crippen MR) is 116 cm³/mol. The third-order valence-electron chi connectivity index (χ3n) is 5.29. The molecule has 0 aromatic carbocycles. The minimum absolute atomic E-state index is 0. The first-order valence-corrected chi connectivity index (χ1v) is 9.11. The standard InChI is InChI=1S/2C9H13N4O2.Ag/c2*1-10-5-11(2)7-6(10)8(14)13(4)9(15)12(7)3;/h2*5H,1-4H3;/q2*-1;. The summed E-state index contributed by atoms with van der Waals surface area (Å²) in [5.41, 5.74) is -0.0970. The van der Waals surface area contributed by atoms with Crippen molar-refractivity contribution in [2.75, 3.05) is 47.8 Å². The van der Waals surface area contributed by atoms with Crippen molar-refractivity contribution in [1.29, 1.82) is 0 Å². The Kier molecular flexibility index (Phi) is 6.69. The van der Waals surface area contributed by atoms with Gasteiger partial charge in [0.2, 0.25) is 0 Å². The minimum Gasteiger partial charge on any atom is -0.498 e. The van der Waals surface area contributed by atoms with E-state index < -0.39 is 0 Å². The topological polar surface area (TPSA) is 101 Å². The van der Waals surface area contributed by atoms with Gasteiger partial charge in [0.05, 0.1) is 0 Å². The molecule has 0 amide bonds. The Balaban J connectivity index is 0.000000213. The SMILES string of the molecule is CN1[CH-]N(C)c2c1c(=O)n(C)c(=O)n2C.CN1[CH-]N(C)c2c1c(=O)n(C)c(=O)n2C.[Ag]. The van der Waals surface area contributed by atoms with Gasteiger partial charge in [-0.3, -0.25) is 27.9 Å². The maximum atomic E-state index is 11.9. The minimum atomic E-state index is -0.311. The van der Waals surface area contributed by atoms with E-state index in [1.54, 1.807) is 75.2 Å². The molecule has 31 heavy (non-hydrogen) atoms. The molecule has 1 radical (unpaired) electrons. The van der Waals surface area contributed by atoms with E-state index in [2.05, 4.69) is 0 Å². The molecule has 0 saturated heterocycles. The Bertz CT molecular complexity index is 1160. The molecular weight excluding hydrogens is 500 g/mol. The van der Waals surface area contributed by atoms with Crippen LogP contribution in [-0.4, -0.2) is 46.5 Å². The van der Waals surface area contributed by atoms with Crippen molar-refractivity contribution in [2.45, 2.75) is 0 Å². The number of rotatable bonds is 0. The van der Waals surface area contributed by atoms with Gasteiger partial charge in [-0.05, 0) is 28.2 Å². The number of nitrogens with zero attached hydrogens (tertiary/aromatic N) is 8. The van der Waals surface area contributed by atoms with E-state index in [-0.39, 0.29) is 44.9 Å². The second-order valence-corrected chi connectivity index (χ2v) is 7.43. The van der Waals surface area contributed by atoms with E-state index in [1.165, 1.54) is 23.2 Å². The molecule has 0 spiro atoms. The summed E-state index contributed by atoms with van der Waals surface area (Å²) >= 11 is 0. The maximum Gasteiger partial charge on any atom is 0.332 e. The zero-order valence-corrected chi connectivity index (χ0v) is 20.1. The Hall–Kier alpha value is -2.70. The number of fused-ring (bicyclic) bond motifs is 2. The summed E-state index contributed by atoms with van der Waals surface area (Å²) in [5.74, 6) is 1.26. The molecule has 2 aliphatic heterocycles. The van der Waals surface area contributed by atoms with Crippen molar-refractivity contribution in [3.63, 3.8) is 0 Å². The van der Waals surface area contributed by atoms with Gasteiger partial charge < -0.3 is 19.6 Å². The van der Waals surface area contributed by atoms with Crippen molar-refractivity contribution < 1.29 is 22.4 Å². The Morgan fingerprint density at radius 1 is 0.484 bits per heavy atom. The second kappa shape index (κ2) is 8.44. The Morgan fingerprint density at radius 2 is 0.774 bits per heavy atom. The van der Waals surface area contributed by atoms with Crippen molar-refractivity contribution in [2.24, 2.45) is 28.2 Å². The van der Waals surface area contributed by atoms with Crippen LogP contribution in [-0.2, 0) is 50.6 Å². The molecule has 0 atom stereocenters. The third-order valence-corrected chi connectivity index (χ3v) is 5.29. The van der Waals surface area contributed by atoms with E-state index in [0.717, 1.165) is 9.13 Å². The number of hydrogen-bond acceptors (Lipinski definition) is 8. The maximum absolute atomic E-state index is 11.9. The molecule has 0 bridgehead atoms. The monoisotopic (exact) mass is 525 g/mol. The summed E-state index contributed by atoms with van der Waals surface area (Å²) in [7, 11) is 13.5. The van der Waals surface area contributed by atoms with E-state index in [4.69, 9.17) is 0 Å². The average Bonchev–Trinajstić information content (AvgIpc) is 3.16. The van der Waals surface area contributed by atoms with Crippen LogP contribution >= 0.6 is 0 Å². The summed E-state index contributed by atoms with van der Waals surface area (Å²) in [6.07, 6.45) is 0. The van der Waals surface area contributed by atoms with Gasteiger partial charge in [0.1, 0.15) is 23.0 Å². The van der Waals surface area contributed by atoms with Gasteiger partial charge in [-0.1, -0.05) is 0 Å². The van der Waals surface area contributed by atoms with Crippen molar-refractivity contribution in [3.8, 4) is 0 Å². The fraction of sp³-hybridized carbons (Fsp3) is 0.444. The number of aromatic nitrogens is 4. The summed E-state index contributed by atoms with van der Waals surface area (Å²) < 4.78 is 5.16. The first-order valence-electron chi connectivity index (χ1n) is 9.11. The van der Waals surface area contributed by atoms with Gasteiger partial charge in [-0.2, -0.15) is 13.3 Å². The smallest absolute Gasteiger partial charge is 0.332 e. The van der Waals surface area contributed by atoms with Crippen LogP contribution in [0.3, 0.4) is 0 Å². The molecule has 2 aromatic rings. The van der Waals surface area contributed by atoms with E-state index in [9.17, 15) is 19.2 Å². The first kappa shape index (κ1) is 24.6. The summed E-state index contributed by atoms with van der Waals surface area (Å²) in [4.78, 5) is 54.0. The summed E-state index contributed by atoms with van der Waals surface area (Å²) in [6, 6.07) is 0. The van der Waals surface area contributed by atoms with E-state index in [1.807, 2.05) is 0 Å². The zero-order valence-electron chi connectivity index (χ0n) is 18.7. The molecule has 0 saturated carbocycles. The molecule has 0 fully saturated rings. The number of anilines is 4. The van der Waals surface area contributed by atoms with Crippen LogP contribution in [0.15, 0.2) is 19.2 Å². The Labute approximate surface area is 194 Å². The van der Waals surface area contributed by atoms with Crippen molar-refractivity contribution in [1.82, 2.24) is 18.3 Å². The Morgan fingerprint density at radius 3 is 1.06 bits per heavy atom. The van der Waals surface area contributed by atoms with Crippen molar-refractivity contribution >= 4 is 23.0 Å². The molecule has 0 N–H and O–H groups in total. The average molecular weight is 526 g/mol. The first-order chi connectivity index (χ1) is 13.9. The molecule has 2 aliphatic rings. The van der Waals surface area contributed by atoms with Gasteiger partial charge in [0.25, 0.3) is 11.1 Å². The van der Waals surface area contributed by atoms with Gasteiger partial charge in [-0.25, -0.2) is 9.59 Å². The van der Waals surface area contributed by atoms with Gasteiger partial charge in [-0.15, -0.1) is 0 Å². The van der Waals surface area contributed by atoms with Crippen LogP contribution in [0.2, 0.25) is 0 Å². The molecule has 175 valence electrons. The molecule has 0 aliphatic carbocycles. The molecule has 12 nitrogen and oxygen atoms in total. The van der Waals surface area contributed by atoms with Crippen LogP contribution in [0.1, 0.15) is 0 Å². The summed E-state index contributed by atoms with van der Waals surface area (Å²) in [6.45, 7) is 3.54. The zero-order chi connectivity index (χ0) is 22.7. The van der Waals surface area contributed by atoms with Crippen LogP contribution in [0.5, 0.6) is 0 Å². The second-order valence-electron chi connectivity index (χ2n) is 7.43. The fourth-order valence-corrected chi connectivity index (χ4v) is 3.80. The molecule has 4 rings (SSSR count). The molecule has 13 heteroatoms. The van der Waals surface area contributed by atoms with Crippen LogP contribution in [0.25, 0.3) is 0 Å². The summed E-state index contributed by atoms with van der Waals surface area (Å²) in [5, 5.41) is 0. The van der Waals surface area contributed by atoms with E-state index >= 15 is 0 Å². The van der Waals surface area contributed by atoms with Crippen LogP contribution in [0.4, 0.5) is 23.0 Å². The predicted octanol–water partition coefficient (Wildman–Crippen LogP) is -1.82. The van der Waals surface area contributed by atoms with Gasteiger partial charge in [0, 0.05) is 50.6 Å². The van der Waals surface area contributed by atoms with E-state index in [0.29, 0.717) is 23.0 Å². The molecular formula is C18H26AgN8O4-2. The fourth-order valence-electron chi connectivity index (χ4n) is 3.80.